The first-order chi connectivity index (χ1) is 12.0. The lowest BCUT2D eigenvalue weighted by molar-refractivity contribution is -0.122. The van der Waals surface area contributed by atoms with Crippen molar-refractivity contribution in [3.63, 3.8) is 0 Å². The second kappa shape index (κ2) is 7.35. The molecule has 0 bridgehead atoms. The van der Waals surface area contributed by atoms with Crippen LogP contribution in [0.3, 0.4) is 0 Å². The monoisotopic (exact) mass is 345 g/mol. The van der Waals surface area contributed by atoms with Gasteiger partial charge in [0.15, 0.2) is 0 Å². The van der Waals surface area contributed by atoms with Gasteiger partial charge in [0.25, 0.3) is 0 Å². The number of aryl methyl sites for hydroxylation is 2. The summed E-state index contributed by atoms with van der Waals surface area (Å²) in [4.78, 5) is 19.2. The Kier molecular flexibility index (Phi) is 5.17. The van der Waals surface area contributed by atoms with Crippen LogP contribution in [0.1, 0.15) is 37.6 Å². The van der Waals surface area contributed by atoms with Crippen molar-refractivity contribution < 1.29 is 4.79 Å². The van der Waals surface area contributed by atoms with E-state index in [1.54, 1.807) is 17.3 Å². The summed E-state index contributed by atoms with van der Waals surface area (Å²) in [6.07, 6.45) is 6.67. The van der Waals surface area contributed by atoms with Gasteiger partial charge in [0, 0.05) is 13.1 Å². The van der Waals surface area contributed by atoms with Crippen molar-refractivity contribution in [2.45, 2.75) is 58.7 Å². The highest BCUT2D eigenvalue weighted by atomic mass is 16.2. The highest BCUT2D eigenvalue weighted by Gasteiger charge is 2.31. The minimum atomic E-state index is -0.201. The third-order valence-corrected chi connectivity index (χ3v) is 5.17. The molecule has 3 rings (SSSR count). The van der Waals surface area contributed by atoms with Gasteiger partial charge >= 0.3 is 0 Å². The van der Waals surface area contributed by atoms with Crippen LogP contribution in [-0.4, -0.2) is 54.0 Å². The minimum absolute atomic E-state index is 0.0182. The van der Waals surface area contributed by atoms with Gasteiger partial charge in [-0.3, -0.25) is 19.1 Å². The smallest absolute Gasteiger partial charge is 0.241 e. The zero-order valence-corrected chi connectivity index (χ0v) is 15.4. The van der Waals surface area contributed by atoms with Crippen LogP contribution in [0.25, 0.3) is 0 Å². The van der Waals surface area contributed by atoms with E-state index >= 15 is 0 Å². The molecule has 1 amide bonds. The lowest BCUT2D eigenvalue weighted by atomic mass is 9.99. The number of anilines is 1. The molecule has 8 heteroatoms. The molecule has 0 unspecified atom stereocenters. The molecular formula is C17H27N7O. The highest BCUT2D eigenvalue weighted by molar-refractivity contribution is 5.95. The number of amides is 1. The van der Waals surface area contributed by atoms with Gasteiger partial charge in [-0.1, -0.05) is 6.42 Å². The molecule has 2 atom stereocenters. The van der Waals surface area contributed by atoms with E-state index in [2.05, 4.69) is 25.4 Å². The predicted octanol–water partition coefficient (Wildman–Crippen LogP) is 1.51. The topological polar surface area (TPSA) is 80.9 Å². The normalized spacial score (nSPS) is 19.8. The summed E-state index contributed by atoms with van der Waals surface area (Å²) in [7, 11) is 1.89. The number of nitrogens with zero attached hydrogens (tertiary/aromatic N) is 6. The second-order valence-electron chi connectivity index (χ2n) is 6.84. The number of nitrogens with one attached hydrogen (secondary N) is 1. The van der Waals surface area contributed by atoms with Crippen LogP contribution in [0.5, 0.6) is 0 Å². The van der Waals surface area contributed by atoms with Gasteiger partial charge in [-0.25, -0.2) is 4.98 Å². The minimum Gasteiger partial charge on any atom is -0.322 e. The number of carbonyl (C=O) groups is 1. The molecule has 0 aliphatic carbocycles. The summed E-state index contributed by atoms with van der Waals surface area (Å²) >= 11 is 0. The third kappa shape index (κ3) is 3.73. The van der Waals surface area contributed by atoms with Gasteiger partial charge in [-0.05, 0) is 40.2 Å². The number of hydrogen-bond acceptors (Lipinski definition) is 5. The van der Waals surface area contributed by atoms with Crippen LogP contribution in [0, 0.1) is 13.8 Å². The zero-order chi connectivity index (χ0) is 18.0. The average molecular weight is 345 g/mol. The molecule has 2 aromatic heterocycles. The molecular weight excluding hydrogens is 318 g/mol. The largest absolute Gasteiger partial charge is 0.322 e. The van der Waals surface area contributed by atoms with Gasteiger partial charge in [0.05, 0.1) is 29.7 Å². The van der Waals surface area contributed by atoms with Crippen molar-refractivity contribution in [2.24, 2.45) is 7.05 Å². The SMILES string of the molecule is Cc1nn(C)c(C)c1NC(=O)[C@H](C)N1CCCC[C@@H]1Cn1cncn1. The van der Waals surface area contributed by atoms with Gasteiger partial charge in [-0.15, -0.1) is 0 Å². The molecule has 136 valence electrons. The third-order valence-electron chi connectivity index (χ3n) is 5.17. The summed E-state index contributed by atoms with van der Waals surface area (Å²) in [6, 6.07) is 0.0973. The van der Waals surface area contributed by atoms with Crippen LogP contribution in [0.2, 0.25) is 0 Å². The van der Waals surface area contributed by atoms with E-state index < -0.39 is 0 Å². The van der Waals surface area contributed by atoms with E-state index in [0.717, 1.165) is 43.0 Å². The van der Waals surface area contributed by atoms with Gasteiger partial charge in [0.2, 0.25) is 5.91 Å². The second-order valence-corrected chi connectivity index (χ2v) is 6.84. The van der Waals surface area contributed by atoms with Crippen molar-refractivity contribution >= 4 is 11.6 Å². The lowest BCUT2D eigenvalue weighted by Crippen LogP contribution is -2.51. The molecule has 1 saturated heterocycles. The molecule has 0 aromatic carbocycles. The number of rotatable bonds is 5. The molecule has 3 heterocycles. The van der Waals surface area contributed by atoms with Crippen molar-refractivity contribution in [3.8, 4) is 0 Å². The Morgan fingerprint density at radius 2 is 2.20 bits per heavy atom. The molecule has 1 N–H and O–H groups in total. The van der Waals surface area contributed by atoms with E-state index in [-0.39, 0.29) is 11.9 Å². The number of piperidine rings is 1. The van der Waals surface area contributed by atoms with Crippen LogP contribution in [0.4, 0.5) is 5.69 Å². The number of aromatic nitrogens is 5. The summed E-state index contributed by atoms with van der Waals surface area (Å²) in [5.41, 5.74) is 2.64. The summed E-state index contributed by atoms with van der Waals surface area (Å²) < 4.78 is 3.65. The van der Waals surface area contributed by atoms with Gasteiger partial charge < -0.3 is 5.32 Å². The van der Waals surface area contributed by atoms with E-state index in [9.17, 15) is 4.79 Å². The Balaban J connectivity index is 1.70. The molecule has 0 spiro atoms. The average Bonchev–Trinajstić information content (AvgIpc) is 3.18. The molecule has 1 aliphatic rings. The molecule has 1 aliphatic heterocycles. The number of carbonyl (C=O) groups excluding carboxylic acids is 1. The first-order valence-electron chi connectivity index (χ1n) is 8.86. The van der Waals surface area contributed by atoms with E-state index in [1.807, 2.05) is 32.5 Å². The fourth-order valence-electron chi connectivity index (χ4n) is 3.60. The maximum atomic E-state index is 12.8. The molecule has 0 saturated carbocycles. The molecule has 2 aromatic rings. The molecule has 0 radical (unpaired) electrons. The van der Waals surface area contributed by atoms with Crippen molar-refractivity contribution in [1.82, 2.24) is 29.4 Å². The summed E-state index contributed by atoms with van der Waals surface area (Å²) in [5, 5.41) is 11.7. The Labute approximate surface area is 148 Å². The van der Waals surface area contributed by atoms with Crippen molar-refractivity contribution in [3.05, 3.63) is 24.0 Å². The van der Waals surface area contributed by atoms with Crippen molar-refractivity contribution in [2.75, 3.05) is 11.9 Å². The number of hydrogen-bond donors (Lipinski definition) is 1. The number of likely N-dealkylation sites (tertiary alicyclic amines) is 1. The molecule has 25 heavy (non-hydrogen) atoms. The predicted molar refractivity (Wildman–Crippen MR) is 95.1 cm³/mol. The fraction of sp³-hybridized carbons (Fsp3) is 0.647. The quantitative estimate of drug-likeness (QED) is 0.888. The van der Waals surface area contributed by atoms with E-state index in [0.29, 0.717) is 6.04 Å². The maximum absolute atomic E-state index is 12.8. The van der Waals surface area contributed by atoms with Crippen LogP contribution in [0.15, 0.2) is 12.7 Å². The van der Waals surface area contributed by atoms with Crippen LogP contribution < -0.4 is 5.32 Å². The van der Waals surface area contributed by atoms with Crippen LogP contribution >= 0.6 is 0 Å². The van der Waals surface area contributed by atoms with E-state index in [1.165, 1.54) is 6.42 Å². The fourth-order valence-corrected chi connectivity index (χ4v) is 3.60. The Morgan fingerprint density at radius 3 is 2.84 bits per heavy atom. The summed E-state index contributed by atoms with van der Waals surface area (Å²) in [5.74, 6) is 0.0182. The highest BCUT2D eigenvalue weighted by Crippen LogP contribution is 2.23. The van der Waals surface area contributed by atoms with Crippen molar-refractivity contribution in [1.29, 1.82) is 0 Å². The first-order valence-corrected chi connectivity index (χ1v) is 8.86. The Bertz CT molecular complexity index is 722. The summed E-state index contributed by atoms with van der Waals surface area (Å²) in [6.45, 7) is 7.56. The van der Waals surface area contributed by atoms with Gasteiger partial charge in [-0.2, -0.15) is 10.2 Å². The molecule has 8 nitrogen and oxygen atoms in total. The first kappa shape index (κ1) is 17.6. The Morgan fingerprint density at radius 1 is 1.40 bits per heavy atom. The molecule has 1 fully saturated rings. The zero-order valence-electron chi connectivity index (χ0n) is 15.4. The Hall–Kier alpha value is -2.22. The van der Waals surface area contributed by atoms with E-state index in [4.69, 9.17) is 0 Å². The van der Waals surface area contributed by atoms with Gasteiger partial charge in [0.1, 0.15) is 12.7 Å². The standard InChI is InChI=1S/C17H27N7O/c1-12-16(13(2)22(4)21-12)20-17(25)14(3)24-8-6-5-7-15(24)9-23-11-18-10-19-23/h10-11,14-15H,5-9H2,1-4H3,(H,20,25)/t14-,15+/m0/s1. The maximum Gasteiger partial charge on any atom is 0.241 e. The lowest BCUT2D eigenvalue weighted by Gasteiger charge is -2.39. The van der Waals surface area contributed by atoms with Crippen LogP contribution in [-0.2, 0) is 18.4 Å².